The minimum absolute atomic E-state index is 0.294. The monoisotopic (exact) mass is 265 g/mol. The quantitative estimate of drug-likeness (QED) is 0.675. The summed E-state index contributed by atoms with van der Waals surface area (Å²) in [5.74, 6) is 0. The largest absolute Gasteiger partial charge is 0.387 e. The van der Waals surface area contributed by atoms with E-state index in [1.165, 1.54) is 5.56 Å². The topological polar surface area (TPSA) is 41.5 Å². The van der Waals surface area contributed by atoms with Crippen LogP contribution in [0.3, 0.4) is 0 Å². The summed E-state index contributed by atoms with van der Waals surface area (Å²) in [7, 11) is 0. The van der Waals surface area contributed by atoms with E-state index in [0.29, 0.717) is 12.6 Å². The molecule has 0 heterocycles. The number of benzene rings is 1. The van der Waals surface area contributed by atoms with Gasteiger partial charge in [-0.15, -0.1) is 0 Å². The molecule has 108 valence electrons. The molecule has 0 amide bonds. The molecule has 0 fully saturated rings. The summed E-state index contributed by atoms with van der Waals surface area (Å²) in [5, 5.41) is 13.3. The lowest BCUT2D eigenvalue weighted by Gasteiger charge is -2.13. The predicted octanol–water partition coefficient (Wildman–Crippen LogP) is 2.69. The Morgan fingerprint density at radius 1 is 1.21 bits per heavy atom. The van der Waals surface area contributed by atoms with E-state index < -0.39 is 6.10 Å². The van der Waals surface area contributed by atoms with Crippen molar-refractivity contribution in [2.24, 2.45) is 0 Å². The van der Waals surface area contributed by atoms with E-state index in [9.17, 15) is 5.11 Å². The van der Waals surface area contributed by atoms with Crippen LogP contribution >= 0.6 is 0 Å². The van der Waals surface area contributed by atoms with Crippen LogP contribution in [-0.2, 0) is 11.2 Å². The molecule has 3 nitrogen and oxygen atoms in total. The van der Waals surface area contributed by atoms with E-state index >= 15 is 0 Å². The molecule has 0 aliphatic rings. The minimum Gasteiger partial charge on any atom is -0.387 e. The van der Waals surface area contributed by atoms with Gasteiger partial charge in [0.2, 0.25) is 0 Å². The molecule has 3 heteroatoms. The predicted molar refractivity (Wildman–Crippen MR) is 79.4 cm³/mol. The molecule has 1 atom stereocenters. The molecular weight excluding hydrogens is 238 g/mol. The average molecular weight is 265 g/mol. The Balaban J connectivity index is 2.17. The summed E-state index contributed by atoms with van der Waals surface area (Å²) in [4.78, 5) is 0. The number of ether oxygens (including phenoxy) is 1. The number of aryl methyl sites for hydroxylation is 1. The lowest BCUT2D eigenvalue weighted by atomic mass is 10.1. The SMILES string of the molecule is CCc1ccc(C(O)CNCCCOC(C)C)cc1. The van der Waals surface area contributed by atoms with Gasteiger partial charge in [-0.25, -0.2) is 0 Å². The summed E-state index contributed by atoms with van der Waals surface area (Å²) in [6.45, 7) is 8.44. The van der Waals surface area contributed by atoms with Crippen molar-refractivity contribution in [3.8, 4) is 0 Å². The Labute approximate surface area is 117 Å². The van der Waals surface area contributed by atoms with Crippen LogP contribution in [0.4, 0.5) is 0 Å². The van der Waals surface area contributed by atoms with Gasteiger partial charge in [0, 0.05) is 13.2 Å². The van der Waals surface area contributed by atoms with Crippen LogP contribution in [0, 0.1) is 0 Å². The molecule has 1 unspecified atom stereocenters. The molecular formula is C16H27NO2. The summed E-state index contributed by atoms with van der Waals surface area (Å²) >= 11 is 0. The third-order valence-corrected chi connectivity index (χ3v) is 3.06. The third-order valence-electron chi connectivity index (χ3n) is 3.06. The molecule has 0 radical (unpaired) electrons. The number of aliphatic hydroxyl groups excluding tert-OH is 1. The molecule has 0 saturated heterocycles. The molecule has 19 heavy (non-hydrogen) atoms. The highest BCUT2D eigenvalue weighted by Gasteiger charge is 2.06. The van der Waals surface area contributed by atoms with Crippen LogP contribution in [-0.4, -0.2) is 30.9 Å². The maximum Gasteiger partial charge on any atom is 0.0914 e. The Morgan fingerprint density at radius 3 is 2.47 bits per heavy atom. The smallest absolute Gasteiger partial charge is 0.0914 e. The Kier molecular flexibility index (Phi) is 7.72. The lowest BCUT2D eigenvalue weighted by molar-refractivity contribution is 0.0763. The first kappa shape index (κ1) is 16.2. The average Bonchev–Trinajstić information content (AvgIpc) is 2.42. The van der Waals surface area contributed by atoms with Gasteiger partial charge in [-0.05, 0) is 44.4 Å². The standard InChI is InChI=1S/C16H27NO2/c1-4-14-6-8-15(9-7-14)16(18)12-17-10-5-11-19-13(2)3/h6-9,13,16-18H,4-5,10-12H2,1-3H3. The fourth-order valence-corrected chi connectivity index (χ4v) is 1.85. The van der Waals surface area contributed by atoms with E-state index in [1.807, 2.05) is 26.0 Å². The van der Waals surface area contributed by atoms with Crippen molar-refractivity contribution in [1.29, 1.82) is 0 Å². The summed E-state index contributed by atoms with van der Waals surface area (Å²) in [6.07, 6.45) is 1.86. The van der Waals surface area contributed by atoms with Crippen LogP contribution in [0.1, 0.15) is 44.4 Å². The number of rotatable bonds is 9. The Bertz CT molecular complexity index is 335. The van der Waals surface area contributed by atoms with Gasteiger partial charge in [-0.1, -0.05) is 31.2 Å². The molecule has 0 bridgehead atoms. The van der Waals surface area contributed by atoms with Gasteiger partial charge >= 0.3 is 0 Å². The molecule has 0 aliphatic carbocycles. The molecule has 1 aromatic rings. The minimum atomic E-state index is -0.433. The van der Waals surface area contributed by atoms with Gasteiger partial charge in [0.15, 0.2) is 0 Å². The zero-order chi connectivity index (χ0) is 14.1. The first-order valence-corrected chi connectivity index (χ1v) is 7.22. The van der Waals surface area contributed by atoms with Crippen molar-refractivity contribution in [1.82, 2.24) is 5.32 Å². The molecule has 0 spiro atoms. The second-order valence-electron chi connectivity index (χ2n) is 5.09. The van der Waals surface area contributed by atoms with E-state index in [1.54, 1.807) is 0 Å². The molecule has 1 rings (SSSR count). The Hall–Kier alpha value is -0.900. The summed E-state index contributed by atoms with van der Waals surface area (Å²) in [6, 6.07) is 8.17. The molecule has 0 aromatic heterocycles. The van der Waals surface area contributed by atoms with Crippen molar-refractivity contribution in [3.05, 3.63) is 35.4 Å². The van der Waals surface area contributed by atoms with Crippen LogP contribution in [0.2, 0.25) is 0 Å². The molecule has 2 N–H and O–H groups in total. The van der Waals surface area contributed by atoms with Crippen LogP contribution in [0.5, 0.6) is 0 Å². The van der Waals surface area contributed by atoms with E-state index in [2.05, 4.69) is 24.4 Å². The number of hydrogen-bond donors (Lipinski definition) is 2. The van der Waals surface area contributed by atoms with Crippen LogP contribution in [0.25, 0.3) is 0 Å². The van der Waals surface area contributed by atoms with Crippen molar-refractivity contribution in [2.45, 2.75) is 45.8 Å². The van der Waals surface area contributed by atoms with Gasteiger partial charge in [0.1, 0.15) is 0 Å². The normalized spacial score (nSPS) is 12.9. The van der Waals surface area contributed by atoms with Crippen LogP contribution in [0.15, 0.2) is 24.3 Å². The molecule has 0 aliphatic heterocycles. The lowest BCUT2D eigenvalue weighted by Crippen LogP contribution is -2.23. The zero-order valence-electron chi connectivity index (χ0n) is 12.4. The fraction of sp³-hybridized carbons (Fsp3) is 0.625. The number of nitrogens with one attached hydrogen (secondary N) is 1. The summed E-state index contributed by atoms with van der Waals surface area (Å²) in [5.41, 5.74) is 2.28. The first-order chi connectivity index (χ1) is 9.13. The van der Waals surface area contributed by atoms with Gasteiger partial charge in [0.05, 0.1) is 12.2 Å². The number of aliphatic hydroxyl groups is 1. The molecule has 1 aromatic carbocycles. The Morgan fingerprint density at radius 2 is 1.89 bits per heavy atom. The maximum absolute atomic E-state index is 10.0. The first-order valence-electron chi connectivity index (χ1n) is 7.22. The van der Waals surface area contributed by atoms with E-state index in [4.69, 9.17) is 4.74 Å². The van der Waals surface area contributed by atoms with Gasteiger partial charge in [0.25, 0.3) is 0 Å². The second kappa shape index (κ2) is 9.08. The highest BCUT2D eigenvalue weighted by Crippen LogP contribution is 2.13. The van der Waals surface area contributed by atoms with Crippen molar-refractivity contribution < 1.29 is 9.84 Å². The zero-order valence-corrected chi connectivity index (χ0v) is 12.4. The van der Waals surface area contributed by atoms with Gasteiger partial charge in [-0.3, -0.25) is 0 Å². The van der Waals surface area contributed by atoms with Gasteiger partial charge in [-0.2, -0.15) is 0 Å². The van der Waals surface area contributed by atoms with E-state index in [-0.39, 0.29) is 0 Å². The second-order valence-corrected chi connectivity index (χ2v) is 5.09. The van der Waals surface area contributed by atoms with Crippen LogP contribution < -0.4 is 5.32 Å². The number of hydrogen-bond acceptors (Lipinski definition) is 3. The van der Waals surface area contributed by atoms with Crippen molar-refractivity contribution in [2.75, 3.05) is 19.7 Å². The fourth-order valence-electron chi connectivity index (χ4n) is 1.85. The van der Waals surface area contributed by atoms with Crippen molar-refractivity contribution >= 4 is 0 Å². The van der Waals surface area contributed by atoms with Gasteiger partial charge < -0.3 is 15.2 Å². The van der Waals surface area contributed by atoms with E-state index in [0.717, 1.165) is 31.6 Å². The highest BCUT2D eigenvalue weighted by molar-refractivity contribution is 5.24. The maximum atomic E-state index is 10.0. The highest BCUT2D eigenvalue weighted by atomic mass is 16.5. The third kappa shape index (κ3) is 6.71. The van der Waals surface area contributed by atoms with Crippen molar-refractivity contribution in [3.63, 3.8) is 0 Å². The summed E-state index contributed by atoms with van der Waals surface area (Å²) < 4.78 is 5.46. The molecule has 0 saturated carbocycles.